The van der Waals surface area contributed by atoms with Crippen molar-refractivity contribution in [3.8, 4) is 0 Å². The monoisotopic (exact) mass is 323 g/mol. The molecule has 1 aliphatic rings. The highest BCUT2D eigenvalue weighted by atomic mass is 16.2. The molecule has 4 heteroatoms. The van der Waals surface area contributed by atoms with Crippen molar-refractivity contribution >= 4 is 5.91 Å². The zero-order chi connectivity index (χ0) is 16.9. The smallest absolute Gasteiger partial charge is 0.236 e. The van der Waals surface area contributed by atoms with Crippen molar-refractivity contribution in [2.45, 2.75) is 18.5 Å². The number of hydrogen-bond donors (Lipinski definition) is 1. The average Bonchev–Trinajstić information content (AvgIpc) is 2.97. The number of nitrogens with zero attached hydrogens (tertiary/aromatic N) is 2. The van der Waals surface area contributed by atoms with Crippen LogP contribution in [0.1, 0.15) is 17.0 Å². The number of amides is 1. The Bertz CT molecular complexity index is 659. The Morgan fingerprint density at radius 1 is 1.08 bits per heavy atom. The standard InChI is InChI=1S/C20H25N3O/c1-22(12-16-8-4-2-5-9-16)20(24)15-23-13-18(19(21)14-23)17-10-6-3-7-11-17/h2-11,18-19H,12-15,21H2,1H3/t18-,19+/m0/s1. The highest BCUT2D eigenvalue weighted by Crippen LogP contribution is 2.26. The molecule has 0 unspecified atom stereocenters. The van der Waals surface area contributed by atoms with E-state index in [1.54, 1.807) is 4.90 Å². The summed E-state index contributed by atoms with van der Waals surface area (Å²) in [6, 6.07) is 20.5. The second kappa shape index (κ2) is 7.60. The third kappa shape index (κ3) is 4.02. The molecule has 2 aromatic rings. The Morgan fingerprint density at radius 2 is 1.71 bits per heavy atom. The molecule has 0 bridgehead atoms. The Kier molecular flexibility index (Phi) is 5.28. The van der Waals surface area contributed by atoms with E-state index in [4.69, 9.17) is 5.73 Å². The van der Waals surface area contributed by atoms with Crippen molar-refractivity contribution < 1.29 is 4.79 Å². The molecule has 1 aliphatic heterocycles. The van der Waals surface area contributed by atoms with Gasteiger partial charge in [-0.3, -0.25) is 9.69 Å². The minimum absolute atomic E-state index is 0.0830. The average molecular weight is 323 g/mol. The van der Waals surface area contributed by atoms with Gasteiger partial charge in [-0.25, -0.2) is 0 Å². The Hall–Kier alpha value is -2.17. The summed E-state index contributed by atoms with van der Waals surface area (Å²) in [5.74, 6) is 0.443. The molecular formula is C20H25N3O. The van der Waals surface area contributed by atoms with E-state index in [2.05, 4.69) is 17.0 Å². The normalized spacial score (nSPS) is 20.9. The molecule has 0 spiro atoms. The first-order valence-electron chi connectivity index (χ1n) is 8.44. The third-order valence-corrected chi connectivity index (χ3v) is 4.72. The summed E-state index contributed by atoms with van der Waals surface area (Å²) in [5.41, 5.74) is 8.72. The molecule has 1 saturated heterocycles. The minimum atomic E-state index is 0.0830. The summed E-state index contributed by atoms with van der Waals surface area (Å²) in [5, 5.41) is 0. The van der Waals surface area contributed by atoms with Crippen LogP contribution in [0.3, 0.4) is 0 Å². The van der Waals surface area contributed by atoms with Crippen LogP contribution in [0.25, 0.3) is 0 Å². The van der Waals surface area contributed by atoms with Crippen LogP contribution < -0.4 is 5.73 Å². The van der Waals surface area contributed by atoms with Gasteiger partial charge in [-0.05, 0) is 11.1 Å². The highest BCUT2D eigenvalue weighted by Gasteiger charge is 2.32. The van der Waals surface area contributed by atoms with E-state index in [1.807, 2.05) is 55.6 Å². The first kappa shape index (κ1) is 16.7. The van der Waals surface area contributed by atoms with Crippen molar-refractivity contribution in [1.82, 2.24) is 9.80 Å². The number of carbonyl (C=O) groups is 1. The Morgan fingerprint density at radius 3 is 2.38 bits per heavy atom. The van der Waals surface area contributed by atoms with Crippen molar-refractivity contribution in [2.75, 3.05) is 26.7 Å². The lowest BCUT2D eigenvalue weighted by Crippen LogP contribution is -2.38. The number of carbonyl (C=O) groups excluding carboxylic acids is 1. The van der Waals surface area contributed by atoms with E-state index < -0.39 is 0 Å². The van der Waals surface area contributed by atoms with Crippen molar-refractivity contribution in [2.24, 2.45) is 5.73 Å². The molecule has 1 amide bonds. The predicted molar refractivity (Wildman–Crippen MR) is 96.5 cm³/mol. The second-order valence-corrected chi connectivity index (χ2v) is 6.61. The Labute approximate surface area is 143 Å². The lowest BCUT2D eigenvalue weighted by Gasteiger charge is -2.21. The van der Waals surface area contributed by atoms with E-state index in [1.165, 1.54) is 5.56 Å². The molecule has 2 atom stereocenters. The molecule has 24 heavy (non-hydrogen) atoms. The van der Waals surface area contributed by atoms with Crippen molar-refractivity contribution in [3.63, 3.8) is 0 Å². The molecule has 4 nitrogen and oxygen atoms in total. The molecule has 0 saturated carbocycles. The SMILES string of the molecule is CN(Cc1ccccc1)C(=O)CN1C[C@@H](N)[C@H](c2ccccc2)C1. The van der Waals surface area contributed by atoms with E-state index >= 15 is 0 Å². The van der Waals surface area contributed by atoms with Crippen LogP contribution in [0, 0.1) is 0 Å². The maximum atomic E-state index is 12.5. The third-order valence-electron chi connectivity index (χ3n) is 4.72. The van der Waals surface area contributed by atoms with Gasteiger partial charge in [-0.15, -0.1) is 0 Å². The quantitative estimate of drug-likeness (QED) is 0.916. The van der Waals surface area contributed by atoms with Gasteiger partial charge in [0.25, 0.3) is 0 Å². The second-order valence-electron chi connectivity index (χ2n) is 6.61. The fourth-order valence-corrected chi connectivity index (χ4v) is 3.35. The molecular weight excluding hydrogens is 298 g/mol. The van der Waals surface area contributed by atoms with Gasteiger partial charge < -0.3 is 10.6 Å². The summed E-state index contributed by atoms with van der Waals surface area (Å²) in [6.45, 7) is 2.68. The Balaban J connectivity index is 1.55. The first-order valence-corrected chi connectivity index (χ1v) is 8.44. The molecule has 1 fully saturated rings. The van der Waals surface area contributed by atoms with Gasteiger partial charge in [0.1, 0.15) is 0 Å². The molecule has 0 radical (unpaired) electrons. The predicted octanol–water partition coefficient (Wildman–Crippen LogP) is 2.07. The van der Waals surface area contributed by atoms with Crippen molar-refractivity contribution in [1.29, 1.82) is 0 Å². The van der Waals surface area contributed by atoms with Crippen LogP contribution in [-0.4, -0.2) is 48.4 Å². The van der Waals surface area contributed by atoms with Crippen LogP contribution >= 0.6 is 0 Å². The van der Waals surface area contributed by atoms with Crippen LogP contribution in [0.15, 0.2) is 60.7 Å². The fourth-order valence-electron chi connectivity index (χ4n) is 3.35. The molecule has 126 valence electrons. The maximum absolute atomic E-state index is 12.5. The van der Waals surface area contributed by atoms with Crippen molar-refractivity contribution in [3.05, 3.63) is 71.8 Å². The van der Waals surface area contributed by atoms with Crippen LogP contribution in [0.2, 0.25) is 0 Å². The minimum Gasteiger partial charge on any atom is -0.340 e. The summed E-state index contributed by atoms with van der Waals surface area (Å²) in [6.07, 6.45) is 0. The fraction of sp³-hybridized carbons (Fsp3) is 0.350. The van der Waals surface area contributed by atoms with Gasteiger partial charge in [0.15, 0.2) is 0 Å². The zero-order valence-corrected chi connectivity index (χ0v) is 14.1. The number of nitrogens with two attached hydrogens (primary N) is 1. The highest BCUT2D eigenvalue weighted by molar-refractivity contribution is 5.78. The molecule has 0 aromatic heterocycles. The summed E-state index contributed by atoms with van der Waals surface area (Å²) < 4.78 is 0. The van der Waals surface area contributed by atoms with Gasteiger partial charge in [0, 0.05) is 38.6 Å². The molecule has 0 aliphatic carbocycles. The lowest BCUT2D eigenvalue weighted by molar-refractivity contribution is -0.131. The maximum Gasteiger partial charge on any atom is 0.236 e. The summed E-state index contributed by atoms with van der Waals surface area (Å²) >= 11 is 0. The van der Waals surface area contributed by atoms with E-state index in [0.717, 1.165) is 18.7 Å². The van der Waals surface area contributed by atoms with Crippen LogP contribution in [0.4, 0.5) is 0 Å². The first-order chi connectivity index (χ1) is 11.6. The molecule has 3 rings (SSSR count). The van der Waals surface area contributed by atoms with Gasteiger partial charge in [0.2, 0.25) is 5.91 Å². The van der Waals surface area contributed by atoms with Gasteiger partial charge >= 0.3 is 0 Å². The molecule has 1 heterocycles. The van der Waals surface area contributed by atoms with Gasteiger partial charge in [0.05, 0.1) is 6.54 Å². The number of benzene rings is 2. The lowest BCUT2D eigenvalue weighted by atomic mass is 9.95. The summed E-state index contributed by atoms with van der Waals surface area (Å²) in [7, 11) is 1.86. The number of rotatable bonds is 5. The van der Waals surface area contributed by atoms with E-state index in [9.17, 15) is 4.79 Å². The van der Waals surface area contributed by atoms with E-state index in [-0.39, 0.29) is 11.9 Å². The molecule has 2 N–H and O–H groups in total. The largest absolute Gasteiger partial charge is 0.340 e. The summed E-state index contributed by atoms with van der Waals surface area (Å²) in [4.78, 5) is 16.5. The van der Waals surface area contributed by atoms with Gasteiger partial charge in [-0.1, -0.05) is 60.7 Å². The van der Waals surface area contributed by atoms with Gasteiger partial charge in [-0.2, -0.15) is 0 Å². The van der Waals surface area contributed by atoms with E-state index in [0.29, 0.717) is 19.0 Å². The van der Waals surface area contributed by atoms with Crippen LogP contribution in [0.5, 0.6) is 0 Å². The number of hydrogen-bond acceptors (Lipinski definition) is 3. The van der Waals surface area contributed by atoms with Crippen LogP contribution in [-0.2, 0) is 11.3 Å². The molecule has 2 aromatic carbocycles. The topological polar surface area (TPSA) is 49.6 Å². The number of likely N-dealkylation sites (tertiary alicyclic amines) is 1. The number of likely N-dealkylation sites (N-methyl/N-ethyl adjacent to an activating group) is 1. The zero-order valence-electron chi connectivity index (χ0n) is 14.1.